The largest absolute Gasteiger partial charge is 0.493 e. The zero-order valence-corrected chi connectivity index (χ0v) is 17.5. The summed E-state index contributed by atoms with van der Waals surface area (Å²) in [5, 5.41) is 3.11. The maximum absolute atomic E-state index is 12.2. The molecule has 0 radical (unpaired) electrons. The van der Waals surface area contributed by atoms with Gasteiger partial charge in [0.2, 0.25) is 0 Å². The van der Waals surface area contributed by atoms with Crippen LogP contribution in [0.4, 0.5) is 16.2 Å². The van der Waals surface area contributed by atoms with Crippen LogP contribution in [-0.4, -0.2) is 64.5 Å². The molecule has 0 aliphatic carbocycles. The van der Waals surface area contributed by atoms with E-state index in [-0.39, 0.29) is 6.09 Å². The van der Waals surface area contributed by atoms with E-state index in [0.717, 1.165) is 5.56 Å². The monoisotopic (exact) mass is 417 g/mol. The average molecular weight is 417 g/mol. The molecular formula is C21H27N3O6. The van der Waals surface area contributed by atoms with Crippen LogP contribution in [0.25, 0.3) is 0 Å². The lowest BCUT2D eigenvalue weighted by atomic mass is 10.1. The second-order valence-electron chi connectivity index (χ2n) is 6.92. The zero-order valence-electron chi connectivity index (χ0n) is 17.5. The molecule has 2 aromatic carbocycles. The summed E-state index contributed by atoms with van der Waals surface area (Å²) in [6.45, 7) is 4.44. The van der Waals surface area contributed by atoms with Crippen LogP contribution in [0.3, 0.4) is 0 Å². The molecule has 0 spiro atoms. The number of benzene rings is 1. The van der Waals surface area contributed by atoms with Gasteiger partial charge in [0.1, 0.15) is 11.4 Å². The number of anilines is 2. The summed E-state index contributed by atoms with van der Waals surface area (Å²) in [6.07, 6.45) is 0.297. The normalized spacial score (nSPS) is 14.0. The molecule has 0 saturated carbocycles. The van der Waals surface area contributed by atoms with Gasteiger partial charge in [0.25, 0.3) is 10.9 Å². The minimum atomic E-state index is -0.495. The fourth-order valence-electron chi connectivity index (χ4n) is 3.54. The molecule has 1 heterocycles. The van der Waals surface area contributed by atoms with Crippen LogP contribution >= 0.6 is 0 Å². The van der Waals surface area contributed by atoms with Gasteiger partial charge in [-0.25, -0.2) is 4.79 Å². The van der Waals surface area contributed by atoms with Crippen LogP contribution in [0.15, 0.2) is 27.8 Å². The maximum Gasteiger partial charge on any atom is 0.409 e. The van der Waals surface area contributed by atoms with Gasteiger partial charge in [-0.3, -0.25) is 9.59 Å². The smallest absolute Gasteiger partial charge is 0.409 e. The number of rotatable bonds is 8. The van der Waals surface area contributed by atoms with E-state index in [2.05, 4.69) is 5.32 Å². The van der Waals surface area contributed by atoms with Gasteiger partial charge in [-0.05, 0) is 31.0 Å². The molecule has 3 rings (SSSR count). The summed E-state index contributed by atoms with van der Waals surface area (Å²) in [7, 11) is 3.16. The lowest BCUT2D eigenvalue weighted by Gasteiger charge is -2.36. The van der Waals surface area contributed by atoms with Crippen molar-refractivity contribution in [3.8, 4) is 11.5 Å². The maximum atomic E-state index is 12.2. The summed E-state index contributed by atoms with van der Waals surface area (Å²) in [6, 6.07) is 5.65. The van der Waals surface area contributed by atoms with E-state index in [4.69, 9.17) is 14.2 Å². The van der Waals surface area contributed by atoms with Crippen molar-refractivity contribution in [2.75, 3.05) is 63.8 Å². The first-order valence-electron chi connectivity index (χ1n) is 9.94. The third-order valence-electron chi connectivity index (χ3n) is 5.17. The molecule has 1 amide bonds. The number of hydrogen-bond donors (Lipinski definition) is 1. The highest BCUT2D eigenvalue weighted by atomic mass is 16.6. The van der Waals surface area contributed by atoms with Crippen molar-refractivity contribution in [2.24, 2.45) is 0 Å². The van der Waals surface area contributed by atoms with Crippen molar-refractivity contribution >= 4 is 17.5 Å². The minimum absolute atomic E-state index is 0.325. The molecule has 0 aromatic heterocycles. The van der Waals surface area contributed by atoms with E-state index in [1.165, 1.54) is 0 Å². The molecule has 0 bridgehead atoms. The Morgan fingerprint density at radius 3 is 2.37 bits per heavy atom. The lowest BCUT2D eigenvalue weighted by Crippen LogP contribution is -2.53. The van der Waals surface area contributed by atoms with Crippen LogP contribution in [-0.2, 0) is 11.2 Å². The highest BCUT2D eigenvalue weighted by Crippen LogP contribution is 2.28. The number of nitrogens with zero attached hydrogens (tertiary/aromatic N) is 2. The number of hydrogen-bond acceptors (Lipinski definition) is 8. The topological polar surface area (TPSA) is 97.4 Å². The molecule has 30 heavy (non-hydrogen) atoms. The van der Waals surface area contributed by atoms with Gasteiger partial charge in [0.15, 0.2) is 11.5 Å². The van der Waals surface area contributed by atoms with Crippen molar-refractivity contribution in [3.05, 3.63) is 44.2 Å². The molecule has 1 aliphatic heterocycles. The van der Waals surface area contributed by atoms with Gasteiger partial charge in [-0.2, -0.15) is 0 Å². The number of carbonyl (C=O) groups excluding carboxylic acids is 1. The lowest BCUT2D eigenvalue weighted by molar-refractivity contribution is 0.105. The Balaban J connectivity index is 1.59. The second-order valence-corrected chi connectivity index (χ2v) is 6.92. The first kappa shape index (κ1) is 21.5. The van der Waals surface area contributed by atoms with Gasteiger partial charge in [0.05, 0.1) is 20.8 Å². The van der Waals surface area contributed by atoms with E-state index >= 15 is 0 Å². The Bertz CT molecular complexity index is 958. The Kier molecular flexibility index (Phi) is 6.81. The molecule has 1 saturated heterocycles. The Morgan fingerprint density at radius 1 is 1.03 bits per heavy atom. The van der Waals surface area contributed by atoms with Crippen LogP contribution < -0.4 is 30.5 Å². The summed E-state index contributed by atoms with van der Waals surface area (Å²) in [5.41, 5.74) is 0.808. The van der Waals surface area contributed by atoms with Crippen molar-refractivity contribution < 1.29 is 19.0 Å². The fraction of sp³-hybridized carbons (Fsp3) is 0.476. The van der Waals surface area contributed by atoms with E-state index < -0.39 is 10.9 Å². The predicted octanol–water partition coefficient (Wildman–Crippen LogP) is 1.23. The van der Waals surface area contributed by atoms with Crippen LogP contribution in [0.1, 0.15) is 12.5 Å². The molecule has 1 N–H and O–H groups in total. The average Bonchev–Trinajstić information content (AvgIpc) is 2.78. The summed E-state index contributed by atoms with van der Waals surface area (Å²) < 4.78 is 15.6. The number of ether oxygens (including phenoxy) is 3. The fourth-order valence-corrected chi connectivity index (χ4v) is 3.54. The van der Waals surface area contributed by atoms with Crippen molar-refractivity contribution in [1.82, 2.24) is 4.90 Å². The second kappa shape index (κ2) is 9.51. The number of amides is 1. The van der Waals surface area contributed by atoms with Gasteiger partial charge in [-0.1, -0.05) is 6.07 Å². The van der Waals surface area contributed by atoms with Gasteiger partial charge in [0, 0.05) is 32.7 Å². The number of piperazine rings is 1. The van der Waals surface area contributed by atoms with Crippen LogP contribution in [0.2, 0.25) is 0 Å². The molecule has 9 nitrogen and oxygen atoms in total. The SMILES string of the molecule is CCOC(=O)N1CCN(c2c(NCCc3ccc(OC)c(OC)c3)c(=O)c2=O)CC1. The zero-order chi connectivity index (χ0) is 21.7. The molecule has 1 fully saturated rings. The first-order chi connectivity index (χ1) is 14.5. The summed E-state index contributed by atoms with van der Waals surface area (Å²) in [5.74, 6) is 1.30. The molecule has 162 valence electrons. The number of methoxy groups -OCH3 is 2. The Labute approximate surface area is 174 Å². The molecular weight excluding hydrogens is 390 g/mol. The summed E-state index contributed by atoms with van der Waals surface area (Å²) in [4.78, 5) is 39.5. The standard InChI is InChI=1S/C21H27N3O6/c1-4-30-21(27)24-11-9-23(10-12-24)18-17(19(25)20(18)26)22-8-7-14-5-6-15(28-2)16(13-14)29-3/h5-6,13,22H,4,7-12H2,1-3H3. The number of nitrogens with one attached hydrogen (secondary N) is 1. The quantitative estimate of drug-likeness (QED) is 0.641. The Morgan fingerprint density at radius 2 is 1.73 bits per heavy atom. The Hall–Kier alpha value is -3.23. The van der Waals surface area contributed by atoms with E-state index in [1.54, 1.807) is 26.0 Å². The first-order valence-corrected chi connectivity index (χ1v) is 9.94. The minimum Gasteiger partial charge on any atom is -0.493 e. The van der Waals surface area contributed by atoms with Crippen molar-refractivity contribution in [3.63, 3.8) is 0 Å². The highest BCUT2D eigenvalue weighted by Gasteiger charge is 2.29. The molecule has 2 aromatic rings. The van der Waals surface area contributed by atoms with Crippen molar-refractivity contribution in [2.45, 2.75) is 13.3 Å². The highest BCUT2D eigenvalue weighted by molar-refractivity contribution is 5.76. The van der Waals surface area contributed by atoms with E-state index in [1.807, 2.05) is 23.1 Å². The van der Waals surface area contributed by atoms with Crippen LogP contribution in [0, 0.1) is 0 Å². The van der Waals surface area contributed by atoms with Gasteiger partial charge >= 0.3 is 6.09 Å². The third-order valence-corrected chi connectivity index (χ3v) is 5.17. The predicted molar refractivity (Wildman–Crippen MR) is 114 cm³/mol. The summed E-state index contributed by atoms with van der Waals surface area (Å²) >= 11 is 0. The van der Waals surface area contributed by atoms with Crippen molar-refractivity contribution in [1.29, 1.82) is 0 Å². The van der Waals surface area contributed by atoms with E-state index in [9.17, 15) is 14.4 Å². The van der Waals surface area contributed by atoms with E-state index in [0.29, 0.717) is 68.6 Å². The van der Waals surface area contributed by atoms with Crippen LogP contribution in [0.5, 0.6) is 11.5 Å². The number of carbonyl (C=O) groups is 1. The molecule has 1 aliphatic rings. The van der Waals surface area contributed by atoms with Gasteiger partial charge < -0.3 is 29.3 Å². The molecule has 0 unspecified atom stereocenters. The third kappa shape index (κ3) is 4.34. The van der Waals surface area contributed by atoms with Gasteiger partial charge in [-0.15, -0.1) is 0 Å². The molecule has 9 heteroatoms. The molecule has 0 atom stereocenters.